The number of carbonyl (C=O) groups excluding carboxylic acids is 2. The summed E-state index contributed by atoms with van der Waals surface area (Å²) in [6, 6.07) is 7.22. The van der Waals surface area contributed by atoms with Gasteiger partial charge in [0.1, 0.15) is 17.8 Å². The zero-order valence-corrected chi connectivity index (χ0v) is 14.7. The second-order valence-electron chi connectivity index (χ2n) is 5.86. The maximum Gasteiger partial charge on any atom is 0.335 e. The van der Waals surface area contributed by atoms with Gasteiger partial charge in [-0.2, -0.15) is 0 Å². The number of urea groups is 1. The van der Waals surface area contributed by atoms with Crippen molar-refractivity contribution in [3.05, 3.63) is 59.5 Å². The van der Waals surface area contributed by atoms with E-state index in [1.165, 1.54) is 34.4 Å². The van der Waals surface area contributed by atoms with Crippen molar-refractivity contribution in [2.24, 2.45) is 0 Å². The molecule has 1 aliphatic rings. The first-order valence-corrected chi connectivity index (χ1v) is 8.83. The number of carbonyl (C=O) groups is 3. The van der Waals surface area contributed by atoms with Crippen molar-refractivity contribution in [1.29, 1.82) is 0 Å². The molecule has 1 fully saturated rings. The topological polar surface area (TPSA) is 104 Å². The average molecular weight is 383 g/mol. The lowest BCUT2D eigenvalue weighted by Gasteiger charge is -2.16. The van der Waals surface area contributed by atoms with Crippen LogP contribution >= 0.6 is 11.3 Å². The Kier molecular flexibility index (Phi) is 4.21. The number of nitrogens with zero attached hydrogens (tertiary/aromatic N) is 3. The lowest BCUT2D eigenvalue weighted by Crippen LogP contribution is -2.32. The maximum atomic E-state index is 12.7. The van der Waals surface area contributed by atoms with Crippen LogP contribution in [0.1, 0.15) is 16.1 Å². The van der Waals surface area contributed by atoms with Crippen LogP contribution in [0, 0.1) is 0 Å². The number of carboxylic acid groups (broad SMARTS) is 1. The summed E-state index contributed by atoms with van der Waals surface area (Å²) >= 11 is 1.40. The van der Waals surface area contributed by atoms with Gasteiger partial charge in [-0.15, -0.1) is 11.3 Å². The molecule has 0 radical (unpaired) electrons. The highest BCUT2D eigenvalue weighted by molar-refractivity contribution is 7.13. The van der Waals surface area contributed by atoms with E-state index in [2.05, 4.69) is 4.98 Å². The van der Waals surface area contributed by atoms with Crippen LogP contribution in [0.4, 0.5) is 10.5 Å². The molecule has 0 atom stereocenters. The largest absolute Gasteiger partial charge is 0.478 e. The highest BCUT2D eigenvalue weighted by Crippen LogP contribution is 2.27. The number of imide groups is 1. The van der Waals surface area contributed by atoms with E-state index in [9.17, 15) is 14.4 Å². The fourth-order valence-corrected chi connectivity index (χ4v) is 3.56. The van der Waals surface area contributed by atoms with Gasteiger partial charge in [-0.05, 0) is 24.3 Å². The molecular weight excluding hydrogens is 370 g/mol. The van der Waals surface area contributed by atoms with E-state index in [-0.39, 0.29) is 24.6 Å². The monoisotopic (exact) mass is 383 g/mol. The maximum absolute atomic E-state index is 12.7. The summed E-state index contributed by atoms with van der Waals surface area (Å²) in [4.78, 5) is 43.0. The second kappa shape index (κ2) is 6.69. The summed E-state index contributed by atoms with van der Waals surface area (Å²) in [6.45, 7) is -0.0816. The van der Waals surface area contributed by atoms with Crippen LogP contribution in [0.25, 0.3) is 10.6 Å². The van der Waals surface area contributed by atoms with Crippen LogP contribution in [-0.4, -0.2) is 39.4 Å². The van der Waals surface area contributed by atoms with Crippen LogP contribution < -0.4 is 4.90 Å². The molecule has 27 heavy (non-hydrogen) atoms. The van der Waals surface area contributed by atoms with Gasteiger partial charge >= 0.3 is 12.0 Å². The normalized spacial score (nSPS) is 14.2. The van der Waals surface area contributed by atoms with Gasteiger partial charge < -0.3 is 9.52 Å². The standard InChI is InChI=1S/C18H13N3O5S/c22-15-8-20(14-3-1-2-11(6-14)17(23)24)18(25)21(15)7-13-10-27-16(19-13)12-4-5-26-9-12/h1-6,9-10H,7-8H2,(H,23,24). The van der Waals surface area contributed by atoms with Crippen molar-refractivity contribution in [3.63, 3.8) is 0 Å². The van der Waals surface area contributed by atoms with Gasteiger partial charge in [0.25, 0.3) is 5.91 Å². The van der Waals surface area contributed by atoms with Gasteiger partial charge in [0, 0.05) is 16.6 Å². The third-order valence-corrected chi connectivity index (χ3v) is 5.04. The lowest BCUT2D eigenvalue weighted by atomic mass is 10.2. The molecule has 0 aliphatic carbocycles. The smallest absolute Gasteiger partial charge is 0.335 e. The summed E-state index contributed by atoms with van der Waals surface area (Å²) in [7, 11) is 0. The summed E-state index contributed by atoms with van der Waals surface area (Å²) in [5, 5.41) is 11.6. The number of anilines is 1. The molecule has 0 saturated carbocycles. The van der Waals surface area contributed by atoms with Crippen molar-refractivity contribution >= 4 is 34.9 Å². The Bertz CT molecular complexity index is 1030. The molecule has 3 amide bonds. The van der Waals surface area contributed by atoms with Gasteiger partial charge in [0.2, 0.25) is 0 Å². The van der Waals surface area contributed by atoms with E-state index in [1.807, 2.05) is 0 Å². The Morgan fingerprint density at radius 2 is 2.15 bits per heavy atom. The molecule has 3 aromatic rings. The van der Waals surface area contributed by atoms with E-state index in [1.54, 1.807) is 30.0 Å². The number of furan rings is 1. The second-order valence-corrected chi connectivity index (χ2v) is 6.72. The predicted molar refractivity (Wildman–Crippen MR) is 96.5 cm³/mol. The molecule has 1 saturated heterocycles. The van der Waals surface area contributed by atoms with E-state index in [4.69, 9.17) is 9.52 Å². The Hall–Kier alpha value is -3.46. The van der Waals surface area contributed by atoms with E-state index in [0.29, 0.717) is 11.4 Å². The van der Waals surface area contributed by atoms with Gasteiger partial charge in [-0.3, -0.25) is 14.6 Å². The van der Waals surface area contributed by atoms with Crippen LogP contribution in [-0.2, 0) is 11.3 Å². The zero-order valence-electron chi connectivity index (χ0n) is 13.9. The molecule has 2 aromatic heterocycles. The molecule has 0 bridgehead atoms. The molecule has 4 rings (SSSR count). The molecule has 1 aliphatic heterocycles. The van der Waals surface area contributed by atoms with Gasteiger partial charge in [-0.25, -0.2) is 14.6 Å². The summed E-state index contributed by atoms with van der Waals surface area (Å²) < 4.78 is 5.03. The lowest BCUT2D eigenvalue weighted by molar-refractivity contribution is -0.125. The Morgan fingerprint density at radius 1 is 1.30 bits per heavy atom. The van der Waals surface area contributed by atoms with Crippen molar-refractivity contribution in [2.45, 2.75) is 6.54 Å². The first kappa shape index (κ1) is 17.0. The minimum absolute atomic E-state index is 0.0513. The van der Waals surface area contributed by atoms with Crippen LogP contribution in [0.3, 0.4) is 0 Å². The summed E-state index contributed by atoms with van der Waals surface area (Å²) in [6.07, 6.45) is 3.12. The number of rotatable bonds is 5. The predicted octanol–water partition coefficient (Wildman–Crippen LogP) is 3.07. The third-order valence-electron chi connectivity index (χ3n) is 4.10. The van der Waals surface area contributed by atoms with Gasteiger partial charge in [0.15, 0.2) is 0 Å². The van der Waals surface area contributed by atoms with Crippen molar-refractivity contribution in [3.8, 4) is 10.6 Å². The van der Waals surface area contributed by atoms with Crippen LogP contribution in [0.5, 0.6) is 0 Å². The fourth-order valence-electron chi connectivity index (χ4n) is 2.77. The average Bonchev–Trinajstić information content (AvgIpc) is 3.39. The molecule has 0 spiro atoms. The van der Waals surface area contributed by atoms with E-state index < -0.39 is 12.0 Å². The first-order valence-electron chi connectivity index (χ1n) is 7.95. The molecule has 8 nitrogen and oxygen atoms in total. The summed E-state index contributed by atoms with van der Waals surface area (Å²) in [5.74, 6) is -1.46. The first-order chi connectivity index (χ1) is 13.0. The summed E-state index contributed by atoms with van der Waals surface area (Å²) in [5.41, 5.74) is 1.85. The minimum Gasteiger partial charge on any atom is -0.478 e. The Labute approximate surface area is 157 Å². The van der Waals surface area contributed by atoms with Crippen LogP contribution in [0.15, 0.2) is 52.7 Å². The molecule has 136 valence electrons. The van der Waals surface area contributed by atoms with Crippen LogP contribution in [0.2, 0.25) is 0 Å². The quantitative estimate of drug-likeness (QED) is 0.679. The number of aromatic carboxylic acids is 1. The number of hydrogen-bond acceptors (Lipinski definition) is 6. The molecule has 3 heterocycles. The van der Waals surface area contributed by atoms with E-state index >= 15 is 0 Å². The molecule has 0 unspecified atom stereocenters. The number of carboxylic acids is 1. The van der Waals surface area contributed by atoms with Gasteiger partial charge in [0.05, 0.1) is 24.1 Å². The molecular formula is C18H13N3O5S. The highest BCUT2D eigenvalue weighted by atomic mass is 32.1. The number of hydrogen-bond donors (Lipinski definition) is 1. The van der Waals surface area contributed by atoms with E-state index in [0.717, 1.165) is 15.5 Å². The van der Waals surface area contributed by atoms with Crippen molar-refractivity contribution in [1.82, 2.24) is 9.88 Å². The molecule has 9 heteroatoms. The Balaban J connectivity index is 1.53. The Morgan fingerprint density at radius 3 is 2.89 bits per heavy atom. The SMILES string of the molecule is O=C(O)c1cccc(N2CC(=O)N(Cc3csc(-c4ccoc4)n3)C2=O)c1. The minimum atomic E-state index is -1.10. The number of thiazole rings is 1. The van der Waals surface area contributed by atoms with Gasteiger partial charge in [-0.1, -0.05) is 6.07 Å². The fraction of sp³-hybridized carbons (Fsp3) is 0.111. The van der Waals surface area contributed by atoms with Crippen molar-refractivity contribution in [2.75, 3.05) is 11.4 Å². The zero-order chi connectivity index (χ0) is 19.0. The highest BCUT2D eigenvalue weighted by Gasteiger charge is 2.37. The number of amides is 3. The molecule has 1 aromatic carbocycles. The third kappa shape index (κ3) is 3.20. The number of aromatic nitrogens is 1. The van der Waals surface area contributed by atoms with Crippen molar-refractivity contribution < 1.29 is 23.9 Å². The molecule has 1 N–H and O–H groups in total. The number of benzene rings is 1.